The van der Waals surface area contributed by atoms with Crippen LogP contribution >= 0.6 is 0 Å². The largest absolute Gasteiger partial charge is 0.359 e. The summed E-state index contributed by atoms with van der Waals surface area (Å²) in [6.45, 7) is 1.52. The number of nitrogens with one attached hydrogen (secondary N) is 2. The lowest BCUT2D eigenvalue weighted by atomic mass is 10.1. The van der Waals surface area contributed by atoms with E-state index in [1.165, 1.54) is 11.1 Å². The number of benzene rings is 1. The molecule has 1 aromatic carbocycles. The van der Waals surface area contributed by atoms with Crippen molar-refractivity contribution in [3.63, 3.8) is 0 Å². The van der Waals surface area contributed by atoms with Crippen LogP contribution in [0.5, 0.6) is 0 Å². The van der Waals surface area contributed by atoms with Gasteiger partial charge in [0.2, 0.25) is 0 Å². The van der Waals surface area contributed by atoms with E-state index in [-0.39, 0.29) is 0 Å². The lowest BCUT2D eigenvalue weighted by Crippen LogP contribution is -2.34. The van der Waals surface area contributed by atoms with Gasteiger partial charge in [-0.25, -0.2) is 0 Å². The van der Waals surface area contributed by atoms with E-state index in [0.717, 1.165) is 19.0 Å². The average Bonchev–Trinajstić information content (AvgIpc) is 2.94. The first-order chi connectivity index (χ1) is 9.33. The van der Waals surface area contributed by atoms with Gasteiger partial charge in [0.1, 0.15) is 0 Å². The Labute approximate surface area is 113 Å². The van der Waals surface area contributed by atoms with Crippen LogP contribution in [0, 0.1) is 0 Å². The molecule has 2 rings (SSSR count). The van der Waals surface area contributed by atoms with Crippen molar-refractivity contribution in [3.05, 3.63) is 53.9 Å². The molecular formula is C14H19N5. The van der Waals surface area contributed by atoms with E-state index in [2.05, 4.69) is 38.9 Å². The highest BCUT2D eigenvalue weighted by atomic mass is 15.3. The number of rotatable bonds is 4. The molecule has 0 saturated heterocycles. The predicted octanol–water partition coefficient (Wildman–Crippen LogP) is 1.23. The fraction of sp³-hybridized carbons (Fsp3) is 0.286. The smallest absolute Gasteiger partial charge is 0.190 e. The molecule has 0 radical (unpaired) electrons. The summed E-state index contributed by atoms with van der Waals surface area (Å²) in [6, 6.07) is 10.3. The first kappa shape index (κ1) is 13.1. The second-order valence-electron chi connectivity index (χ2n) is 4.15. The maximum atomic E-state index is 4.24. The van der Waals surface area contributed by atoms with Crippen LogP contribution < -0.4 is 10.6 Å². The van der Waals surface area contributed by atoms with Crippen molar-refractivity contribution >= 4 is 5.96 Å². The van der Waals surface area contributed by atoms with E-state index >= 15 is 0 Å². The van der Waals surface area contributed by atoms with Crippen molar-refractivity contribution in [1.29, 1.82) is 0 Å². The minimum Gasteiger partial charge on any atom is -0.359 e. The summed E-state index contributed by atoms with van der Waals surface area (Å²) in [5, 5.41) is 10.5. The Balaban J connectivity index is 2.08. The molecule has 0 aliphatic rings. The monoisotopic (exact) mass is 257 g/mol. The molecular weight excluding hydrogens is 238 g/mol. The Morgan fingerprint density at radius 2 is 2.05 bits per heavy atom. The zero-order valence-electron chi connectivity index (χ0n) is 11.3. The number of aliphatic imine (C=N–C) groups is 1. The molecule has 100 valence electrons. The molecule has 0 aliphatic heterocycles. The molecule has 5 heteroatoms. The van der Waals surface area contributed by atoms with Gasteiger partial charge in [0.15, 0.2) is 5.96 Å². The number of hydrogen-bond donors (Lipinski definition) is 2. The zero-order valence-corrected chi connectivity index (χ0v) is 11.3. The quantitative estimate of drug-likeness (QED) is 0.640. The van der Waals surface area contributed by atoms with E-state index in [1.54, 1.807) is 13.2 Å². The molecule has 2 N–H and O–H groups in total. The van der Waals surface area contributed by atoms with Gasteiger partial charge in [0.05, 0.1) is 6.54 Å². The summed E-state index contributed by atoms with van der Waals surface area (Å²) < 4.78 is 1.92. The molecule has 19 heavy (non-hydrogen) atoms. The van der Waals surface area contributed by atoms with E-state index in [1.807, 2.05) is 30.1 Å². The highest BCUT2D eigenvalue weighted by Gasteiger charge is 2.03. The molecule has 0 aliphatic carbocycles. The summed E-state index contributed by atoms with van der Waals surface area (Å²) in [6.07, 6.45) is 3.76. The Morgan fingerprint density at radius 3 is 2.68 bits per heavy atom. The van der Waals surface area contributed by atoms with Gasteiger partial charge in [0.25, 0.3) is 0 Å². The molecule has 0 atom stereocenters. The molecule has 0 fully saturated rings. The van der Waals surface area contributed by atoms with Crippen molar-refractivity contribution in [1.82, 2.24) is 20.4 Å². The number of guanidine groups is 1. The van der Waals surface area contributed by atoms with Crippen LogP contribution in [0.3, 0.4) is 0 Å². The summed E-state index contributed by atoms with van der Waals surface area (Å²) in [5.74, 6) is 0.786. The molecule has 0 unspecified atom stereocenters. The number of hydrogen-bond acceptors (Lipinski definition) is 2. The van der Waals surface area contributed by atoms with Crippen LogP contribution in [0.4, 0.5) is 0 Å². The van der Waals surface area contributed by atoms with Gasteiger partial charge >= 0.3 is 0 Å². The third kappa shape index (κ3) is 3.58. The SMILES string of the molecule is CN=C(NC)NCc1ccccc1Cn1cccn1. The van der Waals surface area contributed by atoms with Crippen molar-refractivity contribution in [3.8, 4) is 0 Å². The maximum Gasteiger partial charge on any atom is 0.190 e. The van der Waals surface area contributed by atoms with Gasteiger partial charge in [0, 0.05) is 33.0 Å². The molecule has 0 saturated carbocycles. The molecule has 0 spiro atoms. The van der Waals surface area contributed by atoms with E-state index in [0.29, 0.717) is 0 Å². The van der Waals surface area contributed by atoms with E-state index in [4.69, 9.17) is 0 Å². The maximum absolute atomic E-state index is 4.24. The highest BCUT2D eigenvalue weighted by molar-refractivity contribution is 5.79. The van der Waals surface area contributed by atoms with Gasteiger partial charge in [-0.15, -0.1) is 0 Å². The third-order valence-electron chi connectivity index (χ3n) is 2.92. The van der Waals surface area contributed by atoms with Crippen molar-refractivity contribution in [2.24, 2.45) is 4.99 Å². The Hall–Kier alpha value is -2.30. The molecule has 5 nitrogen and oxygen atoms in total. The lowest BCUT2D eigenvalue weighted by molar-refractivity contribution is 0.678. The lowest BCUT2D eigenvalue weighted by Gasteiger charge is -2.12. The van der Waals surface area contributed by atoms with Crippen LogP contribution in [0.25, 0.3) is 0 Å². The number of nitrogens with zero attached hydrogens (tertiary/aromatic N) is 3. The summed E-state index contributed by atoms with van der Waals surface area (Å²) in [4.78, 5) is 4.10. The van der Waals surface area contributed by atoms with Crippen LogP contribution in [-0.2, 0) is 13.1 Å². The third-order valence-corrected chi connectivity index (χ3v) is 2.92. The van der Waals surface area contributed by atoms with Gasteiger partial charge in [-0.05, 0) is 17.2 Å². The van der Waals surface area contributed by atoms with Gasteiger partial charge in [-0.1, -0.05) is 24.3 Å². The summed E-state index contributed by atoms with van der Waals surface area (Å²) in [5.41, 5.74) is 2.50. The Kier molecular flexibility index (Phi) is 4.55. The van der Waals surface area contributed by atoms with E-state index in [9.17, 15) is 0 Å². The normalized spacial score (nSPS) is 11.4. The fourth-order valence-corrected chi connectivity index (χ4v) is 1.91. The molecule has 1 heterocycles. The van der Waals surface area contributed by atoms with Crippen molar-refractivity contribution in [2.45, 2.75) is 13.1 Å². The second kappa shape index (κ2) is 6.58. The average molecular weight is 257 g/mol. The standard InChI is InChI=1S/C14H19N5/c1-15-14(16-2)17-10-12-6-3-4-7-13(12)11-19-9-5-8-18-19/h3-9H,10-11H2,1-2H3,(H2,15,16,17). The molecule has 0 bridgehead atoms. The van der Waals surface area contributed by atoms with Crippen LogP contribution in [0.2, 0.25) is 0 Å². The summed E-state index contributed by atoms with van der Waals surface area (Å²) in [7, 11) is 3.61. The first-order valence-corrected chi connectivity index (χ1v) is 6.26. The molecule has 2 aromatic rings. The topological polar surface area (TPSA) is 54.2 Å². The van der Waals surface area contributed by atoms with Crippen molar-refractivity contribution in [2.75, 3.05) is 14.1 Å². The first-order valence-electron chi connectivity index (χ1n) is 6.26. The second-order valence-corrected chi connectivity index (χ2v) is 4.15. The predicted molar refractivity (Wildman–Crippen MR) is 77.0 cm³/mol. The van der Waals surface area contributed by atoms with E-state index < -0.39 is 0 Å². The fourth-order valence-electron chi connectivity index (χ4n) is 1.91. The van der Waals surface area contributed by atoms with Crippen LogP contribution in [0.15, 0.2) is 47.7 Å². The van der Waals surface area contributed by atoms with Crippen LogP contribution in [-0.4, -0.2) is 29.8 Å². The van der Waals surface area contributed by atoms with Gasteiger partial charge in [-0.3, -0.25) is 9.67 Å². The Morgan fingerprint density at radius 1 is 1.26 bits per heavy atom. The van der Waals surface area contributed by atoms with Crippen LogP contribution in [0.1, 0.15) is 11.1 Å². The number of aromatic nitrogens is 2. The molecule has 1 aromatic heterocycles. The zero-order chi connectivity index (χ0) is 13.5. The minimum absolute atomic E-state index is 0.741. The Bertz CT molecular complexity index is 531. The molecule has 0 amide bonds. The van der Waals surface area contributed by atoms with Gasteiger partial charge in [-0.2, -0.15) is 5.10 Å². The van der Waals surface area contributed by atoms with Gasteiger partial charge < -0.3 is 10.6 Å². The van der Waals surface area contributed by atoms with Crippen molar-refractivity contribution < 1.29 is 0 Å². The summed E-state index contributed by atoms with van der Waals surface area (Å²) >= 11 is 0. The highest BCUT2D eigenvalue weighted by Crippen LogP contribution is 2.10. The minimum atomic E-state index is 0.741.